The number of ether oxygens (including phenoxy) is 1. The molecule has 0 spiro atoms. The molecule has 3 aromatic heterocycles. The minimum absolute atomic E-state index is 0.000242. The highest BCUT2D eigenvalue weighted by Crippen LogP contribution is 2.21. The summed E-state index contributed by atoms with van der Waals surface area (Å²) < 4.78 is 8.77. The summed E-state index contributed by atoms with van der Waals surface area (Å²) in [5, 5.41) is 16.5. The van der Waals surface area contributed by atoms with Gasteiger partial charge in [0.1, 0.15) is 17.2 Å². The van der Waals surface area contributed by atoms with Crippen LogP contribution in [0.1, 0.15) is 54.0 Å². The topological polar surface area (TPSA) is 101 Å². The van der Waals surface area contributed by atoms with Crippen LogP contribution in [-0.2, 0) is 16.1 Å². The van der Waals surface area contributed by atoms with Crippen molar-refractivity contribution < 1.29 is 14.3 Å². The van der Waals surface area contributed by atoms with E-state index in [1.807, 2.05) is 26.0 Å². The minimum Gasteiger partial charge on any atom is -0.462 e. The van der Waals surface area contributed by atoms with Gasteiger partial charge in [0.05, 0.1) is 18.3 Å². The molecule has 8 nitrogen and oxygen atoms in total. The average molecular weight is 434 g/mol. The molecule has 3 heterocycles. The molecule has 0 radical (unpaired) electrons. The number of aryl methyl sites for hydroxylation is 1. The molecule has 0 bridgehead atoms. The molecule has 0 fully saturated rings. The van der Waals surface area contributed by atoms with Crippen molar-refractivity contribution in [3.05, 3.63) is 58.7 Å². The van der Waals surface area contributed by atoms with Crippen molar-refractivity contribution in [3.63, 3.8) is 0 Å². The lowest BCUT2D eigenvalue weighted by atomic mass is 10.1. The van der Waals surface area contributed by atoms with Crippen LogP contribution < -0.4 is 5.32 Å². The fraction of sp³-hybridized carbons (Fsp3) is 0.333. The molecule has 32 heavy (non-hydrogen) atoms. The Balaban J connectivity index is 1.85. The summed E-state index contributed by atoms with van der Waals surface area (Å²) in [5.41, 5.74) is 4.22. The second-order valence-corrected chi connectivity index (χ2v) is 7.48. The van der Waals surface area contributed by atoms with Gasteiger partial charge in [-0.1, -0.05) is 13.3 Å². The molecule has 166 valence electrons. The quantitative estimate of drug-likeness (QED) is 0.325. The number of carbonyl (C=O) groups is 2. The zero-order valence-corrected chi connectivity index (χ0v) is 18.8. The molecule has 0 aliphatic rings. The minimum atomic E-state index is -0.521. The van der Waals surface area contributed by atoms with Gasteiger partial charge in [0.25, 0.3) is 5.91 Å². The van der Waals surface area contributed by atoms with Gasteiger partial charge in [0, 0.05) is 29.8 Å². The first-order valence-electron chi connectivity index (χ1n) is 10.6. The second kappa shape index (κ2) is 9.96. The van der Waals surface area contributed by atoms with E-state index >= 15 is 0 Å². The molecule has 0 aliphatic carbocycles. The third kappa shape index (κ3) is 4.72. The molecule has 8 heteroatoms. The van der Waals surface area contributed by atoms with Gasteiger partial charge in [0.2, 0.25) is 0 Å². The third-order valence-corrected chi connectivity index (χ3v) is 5.29. The van der Waals surface area contributed by atoms with Gasteiger partial charge < -0.3 is 14.6 Å². The Morgan fingerprint density at radius 1 is 1.28 bits per heavy atom. The summed E-state index contributed by atoms with van der Waals surface area (Å²) in [5.74, 6) is -1.01. The summed E-state index contributed by atoms with van der Waals surface area (Å²) in [7, 11) is 0. The highest BCUT2D eigenvalue weighted by molar-refractivity contribution is 6.10. The Bertz CT molecular complexity index is 1230. The molecule has 0 saturated carbocycles. The fourth-order valence-corrected chi connectivity index (χ4v) is 3.56. The Morgan fingerprint density at radius 3 is 2.75 bits per heavy atom. The molecular formula is C24H27N5O3. The molecule has 0 atom stereocenters. The van der Waals surface area contributed by atoms with Gasteiger partial charge >= 0.3 is 5.97 Å². The number of nitrogens with one attached hydrogen (secondary N) is 1. The van der Waals surface area contributed by atoms with Crippen molar-refractivity contribution in [2.45, 2.75) is 47.1 Å². The van der Waals surface area contributed by atoms with Crippen molar-refractivity contribution >= 4 is 29.2 Å². The molecule has 0 aliphatic heterocycles. The number of pyridine rings is 1. The van der Waals surface area contributed by atoms with Crippen LogP contribution in [-0.4, -0.2) is 32.7 Å². The molecule has 3 aromatic rings. The summed E-state index contributed by atoms with van der Waals surface area (Å²) in [6.45, 7) is 9.04. The largest absolute Gasteiger partial charge is 0.462 e. The van der Waals surface area contributed by atoms with Crippen LogP contribution in [0.3, 0.4) is 0 Å². The van der Waals surface area contributed by atoms with E-state index in [4.69, 9.17) is 4.74 Å². The third-order valence-electron chi connectivity index (χ3n) is 5.29. The van der Waals surface area contributed by atoms with Crippen LogP contribution in [0, 0.1) is 25.2 Å². The number of esters is 1. The van der Waals surface area contributed by atoms with E-state index in [9.17, 15) is 14.9 Å². The zero-order valence-electron chi connectivity index (χ0n) is 18.8. The highest BCUT2D eigenvalue weighted by atomic mass is 16.5. The van der Waals surface area contributed by atoms with Gasteiger partial charge in [0.15, 0.2) is 0 Å². The number of unbranched alkanes of at least 4 members (excludes halogenated alkanes) is 1. The number of nitriles is 1. The maximum absolute atomic E-state index is 12.8. The van der Waals surface area contributed by atoms with Crippen LogP contribution in [0.5, 0.6) is 0 Å². The van der Waals surface area contributed by atoms with Crippen LogP contribution >= 0.6 is 0 Å². The lowest BCUT2D eigenvalue weighted by Gasteiger charge is -2.08. The molecule has 3 rings (SSSR count). The van der Waals surface area contributed by atoms with Crippen molar-refractivity contribution in [2.24, 2.45) is 0 Å². The monoisotopic (exact) mass is 433 g/mol. The van der Waals surface area contributed by atoms with Crippen LogP contribution in [0.4, 0.5) is 5.69 Å². The van der Waals surface area contributed by atoms with Gasteiger partial charge in [-0.25, -0.2) is 9.31 Å². The SMILES string of the molecule is CCCCn1c(C)cc(/C=C(\C#N)C(=O)Nc2ccn3ncc(C(=O)OCC)c3c2)c1C. The summed E-state index contributed by atoms with van der Waals surface area (Å²) in [6, 6.07) is 7.26. The Hall–Kier alpha value is -3.86. The molecule has 1 N–H and O–H groups in total. The first-order valence-corrected chi connectivity index (χ1v) is 10.6. The van der Waals surface area contributed by atoms with E-state index in [1.54, 1.807) is 31.3 Å². The van der Waals surface area contributed by atoms with Crippen molar-refractivity contribution in [2.75, 3.05) is 11.9 Å². The predicted octanol–water partition coefficient (Wildman–Crippen LogP) is 4.28. The average Bonchev–Trinajstić information content (AvgIpc) is 3.31. The van der Waals surface area contributed by atoms with E-state index in [0.717, 1.165) is 36.3 Å². The van der Waals surface area contributed by atoms with Crippen LogP contribution in [0.25, 0.3) is 11.6 Å². The standard InChI is InChI=1S/C24H27N5O3/c1-5-7-9-28-16(3)11-18(17(28)4)12-19(14-25)23(30)27-20-8-10-29-22(13-20)21(15-26-29)24(31)32-6-2/h8,10-13,15H,5-7,9H2,1-4H3,(H,27,30)/b19-12+. The van der Waals surface area contributed by atoms with E-state index in [1.165, 1.54) is 10.7 Å². The summed E-state index contributed by atoms with van der Waals surface area (Å²) >= 11 is 0. The first-order chi connectivity index (χ1) is 15.4. The number of aromatic nitrogens is 3. The number of rotatable bonds is 8. The second-order valence-electron chi connectivity index (χ2n) is 7.48. The van der Waals surface area contributed by atoms with Crippen LogP contribution in [0.15, 0.2) is 36.2 Å². The Morgan fingerprint density at radius 2 is 2.06 bits per heavy atom. The molecule has 0 aromatic carbocycles. The number of hydrogen-bond donors (Lipinski definition) is 1. The molecular weight excluding hydrogens is 406 g/mol. The normalized spacial score (nSPS) is 11.4. The van der Waals surface area contributed by atoms with Crippen molar-refractivity contribution in [1.82, 2.24) is 14.2 Å². The van der Waals surface area contributed by atoms with Crippen LogP contribution in [0.2, 0.25) is 0 Å². The number of carbonyl (C=O) groups excluding carboxylic acids is 2. The van der Waals surface area contributed by atoms with E-state index in [-0.39, 0.29) is 12.2 Å². The van der Waals surface area contributed by atoms with Gasteiger partial charge in [-0.05, 0) is 57.0 Å². The fourth-order valence-electron chi connectivity index (χ4n) is 3.56. The number of hydrogen-bond acceptors (Lipinski definition) is 5. The van der Waals surface area contributed by atoms with Gasteiger partial charge in [-0.2, -0.15) is 10.4 Å². The maximum Gasteiger partial charge on any atom is 0.341 e. The summed E-state index contributed by atoms with van der Waals surface area (Å²) in [4.78, 5) is 24.9. The smallest absolute Gasteiger partial charge is 0.341 e. The first kappa shape index (κ1) is 22.8. The van der Waals surface area contributed by atoms with Crippen molar-refractivity contribution in [1.29, 1.82) is 5.26 Å². The van der Waals surface area contributed by atoms with Crippen molar-refractivity contribution in [3.8, 4) is 6.07 Å². The van der Waals surface area contributed by atoms with Gasteiger partial charge in [-0.3, -0.25) is 4.79 Å². The van der Waals surface area contributed by atoms with E-state index in [2.05, 4.69) is 21.9 Å². The Labute approximate surface area is 187 Å². The number of nitrogens with zero attached hydrogens (tertiary/aromatic N) is 4. The molecule has 1 amide bonds. The molecule has 0 unspecified atom stereocenters. The number of fused-ring (bicyclic) bond motifs is 1. The zero-order chi connectivity index (χ0) is 23.3. The molecule has 0 saturated heterocycles. The predicted molar refractivity (Wildman–Crippen MR) is 122 cm³/mol. The van der Waals surface area contributed by atoms with E-state index in [0.29, 0.717) is 16.8 Å². The highest BCUT2D eigenvalue weighted by Gasteiger charge is 2.16. The lowest BCUT2D eigenvalue weighted by Crippen LogP contribution is -2.14. The number of anilines is 1. The Kier molecular flexibility index (Phi) is 7.11. The maximum atomic E-state index is 12.8. The van der Waals surface area contributed by atoms with Gasteiger partial charge in [-0.15, -0.1) is 0 Å². The lowest BCUT2D eigenvalue weighted by molar-refractivity contribution is -0.112. The number of amides is 1. The summed E-state index contributed by atoms with van der Waals surface area (Å²) in [6.07, 6.45) is 6.82. The van der Waals surface area contributed by atoms with E-state index < -0.39 is 11.9 Å².